The van der Waals surface area contributed by atoms with E-state index < -0.39 is 6.10 Å². The van der Waals surface area contributed by atoms with Gasteiger partial charge in [0.15, 0.2) is 0 Å². The van der Waals surface area contributed by atoms with E-state index in [1.807, 2.05) is 12.1 Å². The van der Waals surface area contributed by atoms with Gasteiger partial charge >= 0.3 is 0 Å². The molecule has 2 atom stereocenters. The molecule has 1 amide bonds. The molecule has 0 aliphatic carbocycles. The molecule has 1 saturated heterocycles. The summed E-state index contributed by atoms with van der Waals surface area (Å²) in [5.41, 5.74) is 1.10. The maximum absolute atomic E-state index is 12.1. The number of rotatable bonds is 4. The van der Waals surface area contributed by atoms with Gasteiger partial charge < -0.3 is 15.7 Å². The predicted molar refractivity (Wildman–Crippen MR) is 85.3 cm³/mol. The van der Waals surface area contributed by atoms with Crippen molar-refractivity contribution in [1.82, 2.24) is 10.6 Å². The molecule has 5 heteroatoms. The molecule has 2 unspecified atom stereocenters. The highest BCUT2D eigenvalue weighted by Gasteiger charge is 2.26. The number of nitrogens with one attached hydrogen (secondary N) is 2. The number of aliphatic hydroxyl groups excluding tert-OH is 1. The Hall–Kier alpha value is -1.43. The topological polar surface area (TPSA) is 61.4 Å². The predicted octanol–water partition coefficient (Wildman–Crippen LogP) is 2.02. The van der Waals surface area contributed by atoms with Gasteiger partial charge in [-0.25, -0.2) is 0 Å². The van der Waals surface area contributed by atoms with Crippen molar-refractivity contribution in [3.05, 3.63) is 35.2 Å². The zero-order valence-corrected chi connectivity index (χ0v) is 12.7. The van der Waals surface area contributed by atoms with Crippen molar-refractivity contribution < 1.29 is 9.90 Å². The molecule has 0 spiro atoms. The Morgan fingerprint density at radius 3 is 3.14 bits per heavy atom. The van der Waals surface area contributed by atoms with Gasteiger partial charge in [-0.2, -0.15) is 0 Å². The molecular weight excluding hydrogens is 284 g/mol. The van der Waals surface area contributed by atoms with E-state index in [4.69, 9.17) is 0 Å². The molecule has 1 fully saturated rings. The first-order chi connectivity index (χ1) is 10.3. The van der Waals surface area contributed by atoms with Gasteiger partial charge in [0.05, 0.1) is 0 Å². The van der Waals surface area contributed by atoms with Crippen LogP contribution in [0.25, 0.3) is 10.1 Å². The van der Waals surface area contributed by atoms with Gasteiger partial charge in [0.25, 0.3) is 5.91 Å². The standard InChI is InChI=1S/C16H20N2O2S/c19-14(13-6-1-2-8-17-13)16(20)18-10-12-5-3-4-11-7-9-21-15(11)12/h3-5,7,9,13-14,17,19H,1-2,6,8,10H2,(H,18,20). The Kier molecular flexibility index (Phi) is 4.53. The molecule has 1 aliphatic heterocycles. The average molecular weight is 304 g/mol. The number of piperidine rings is 1. The highest BCUT2D eigenvalue weighted by Crippen LogP contribution is 2.24. The molecule has 3 N–H and O–H groups in total. The zero-order chi connectivity index (χ0) is 14.7. The molecule has 1 aromatic heterocycles. The lowest BCUT2D eigenvalue weighted by Gasteiger charge is -2.27. The Morgan fingerprint density at radius 1 is 1.43 bits per heavy atom. The first-order valence-electron chi connectivity index (χ1n) is 7.40. The number of thiophene rings is 1. The minimum Gasteiger partial charge on any atom is -0.382 e. The molecule has 2 aromatic rings. The lowest BCUT2D eigenvalue weighted by atomic mass is 9.99. The van der Waals surface area contributed by atoms with Crippen LogP contribution in [0.5, 0.6) is 0 Å². The van der Waals surface area contributed by atoms with Crippen LogP contribution in [0.15, 0.2) is 29.6 Å². The summed E-state index contributed by atoms with van der Waals surface area (Å²) in [5.74, 6) is -0.289. The molecule has 2 heterocycles. The lowest BCUT2D eigenvalue weighted by molar-refractivity contribution is -0.131. The molecular formula is C16H20N2O2S. The Labute approximate surface area is 128 Å². The van der Waals surface area contributed by atoms with E-state index in [0.29, 0.717) is 6.54 Å². The van der Waals surface area contributed by atoms with E-state index in [9.17, 15) is 9.90 Å². The van der Waals surface area contributed by atoms with Gasteiger partial charge in [0, 0.05) is 17.3 Å². The van der Waals surface area contributed by atoms with Crippen molar-refractivity contribution in [3.8, 4) is 0 Å². The fraction of sp³-hybridized carbons (Fsp3) is 0.438. The Morgan fingerprint density at radius 2 is 2.33 bits per heavy atom. The average Bonchev–Trinajstić information content (AvgIpc) is 3.02. The van der Waals surface area contributed by atoms with Crippen molar-refractivity contribution in [3.63, 3.8) is 0 Å². The Balaban J connectivity index is 1.61. The van der Waals surface area contributed by atoms with E-state index in [2.05, 4.69) is 28.1 Å². The van der Waals surface area contributed by atoms with Crippen LogP contribution < -0.4 is 10.6 Å². The van der Waals surface area contributed by atoms with Crippen LogP contribution in [-0.2, 0) is 11.3 Å². The van der Waals surface area contributed by atoms with Crippen molar-refractivity contribution in [2.75, 3.05) is 6.54 Å². The molecule has 21 heavy (non-hydrogen) atoms. The van der Waals surface area contributed by atoms with E-state index in [1.54, 1.807) is 11.3 Å². The highest BCUT2D eigenvalue weighted by molar-refractivity contribution is 7.17. The fourth-order valence-electron chi connectivity index (χ4n) is 2.81. The number of amides is 1. The SMILES string of the molecule is O=C(NCc1cccc2ccsc12)C(O)C1CCCCN1. The number of benzene rings is 1. The summed E-state index contributed by atoms with van der Waals surface area (Å²) in [6.07, 6.45) is 2.07. The first-order valence-corrected chi connectivity index (χ1v) is 8.28. The number of carbonyl (C=O) groups is 1. The number of hydrogen-bond acceptors (Lipinski definition) is 4. The van der Waals surface area contributed by atoms with Crippen LogP contribution in [-0.4, -0.2) is 29.7 Å². The molecule has 0 bridgehead atoms. The van der Waals surface area contributed by atoms with E-state index in [-0.39, 0.29) is 11.9 Å². The van der Waals surface area contributed by atoms with Gasteiger partial charge in [0.2, 0.25) is 0 Å². The lowest BCUT2D eigenvalue weighted by Crippen LogP contribution is -2.50. The van der Waals surface area contributed by atoms with Crippen molar-refractivity contribution in [2.24, 2.45) is 0 Å². The molecule has 0 saturated carbocycles. The van der Waals surface area contributed by atoms with Gasteiger partial charge in [-0.05, 0) is 41.8 Å². The smallest absolute Gasteiger partial charge is 0.250 e. The van der Waals surface area contributed by atoms with Gasteiger partial charge in [-0.15, -0.1) is 11.3 Å². The maximum atomic E-state index is 12.1. The summed E-state index contributed by atoms with van der Waals surface area (Å²) >= 11 is 1.68. The highest BCUT2D eigenvalue weighted by atomic mass is 32.1. The third-order valence-corrected chi connectivity index (χ3v) is 5.02. The van der Waals surface area contributed by atoms with E-state index >= 15 is 0 Å². The number of carbonyl (C=O) groups excluding carboxylic acids is 1. The van der Waals surface area contributed by atoms with E-state index in [0.717, 1.165) is 31.4 Å². The van der Waals surface area contributed by atoms with Crippen molar-refractivity contribution in [1.29, 1.82) is 0 Å². The molecule has 1 aromatic carbocycles. The van der Waals surface area contributed by atoms with Crippen LogP contribution in [0.1, 0.15) is 24.8 Å². The van der Waals surface area contributed by atoms with E-state index in [1.165, 1.54) is 10.1 Å². The van der Waals surface area contributed by atoms with Crippen LogP contribution in [0, 0.1) is 0 Å². The van der Waals surface area contributed by atoms with Crippen LogP contribution in [0.3, 0.4) is 0 Å². The summed E-state index contributed by atoms with van der Waals surface area (Å²) in [7, 11) is 0. The monoisotopic (exact) mass is 304 g/mol. The fourth-order valence-corrected chi connectivity index (χ4v) is 3.73. The molecule has 1 aliphatic rings. The van der Waals surface area contributed by atoms with Gasteiger partial charge in [0.1, 0.15) is 6.10 Å². The van der Waals surface area contributed by atoms with Crippen molar-refractivity contribution >= 4 is 27.3 Å². The number of aliphatic hydroxyl groups is 1. The minimum atomic E-state index is -0.965. The van der Waals surface area contributed by atoms with Gasteiger partial charge in [-0.3, -0.25) is 4.79 Å². The van der Waals surface area contributed by atoms with Crippen LogP contribution >= 0.6 is 11.3 Å². The van der Waals surface area contributed by atoms with Crippen LogP contribution in [0.2, 0.25) is 0 Å². The second kappa shape index (κ2) is 6.56. The zero-order valence-electron chi connectivity index (χ0n) is 11.8. The van der Waals surface area contributed by atoms with Crippen LogP contribution in [0.4, 0.5) is 0 Å². The normalized spacial score (nSPS) is 20.3. The molecule has 0 radical (unpaired) electrons. The maximum Gasteiger partial charge on any atom is 0.250 e. The largest absolute Gasteiger partial charge is 0.382 e. The summed E-state index contributed by atoms with van der Waals surface area (Å²) in [6, 6.07) is 8.04. The third-order valence-electron chi connectivity index (χ3n) is 4.01. The van der Waals surface area contributed by atoms with Gasteiger partial charge in [-0.1, -0.05) is 24.6 Å². The van der Waals surface area contributed by atoms with Crippen molar-refractivity contribution in [2.45, 2.75) is 38.0 Å². The quantitative estimate of drug-likeness (QED) is 0.810. The second-order valence-corrected chi connectivity index (χ2v) is 6.39. The third kappa shape index (κ3) is 3.26. The summed E-state index contributed by atoms with van der Waals surface area (Å²) < 4.78 is 1.20. The molecule has 3 rings (SSSR count). The first kappa shape index (κ1) is 14.5. The summed E-state index contributed by atoms with van der Waals surface area (Å²) in [4.78, 5) is 12.1. The number of hydrogen-bond donors (Lipinski definition) is 3. The summed E-state index contributed by atoms with van der Waals surface area (Å²) in [5, 5.41) is 19.4. The molecule has 112 valence electrons. The Bertz CT molecular complexity index is 620. The second-order valence-electron chi connectivity index (χ2n) is 5.48. The molecule has 4 nitrogen and oxygen atoms in total. The minimum absolute atomic E-state index is 0.115. The summed E-state index contributed by atoms with van der Waals surface area (Å²) in [6.45, 7) is 1.34. The number of fused-ring (bicyclic) bond motifs is 1.